The van der Waals surface area contributed by atoms with Gasteiger partial charge in [0.25, 0.3) is 0 Å². The van der Waals surface area contributed by atoms with E-state index in [0.29, 0.717) is 38.1 Å². The second-order valence-electron chi connectivity index (χ2n) is 7.39. The fourth-order valence-electron chi connectivity index (χ4n) is 3.16. The number of carboxylic acid groups (broad SMARTS) is 1. The lowest BCUT2D eigenvalue weighted by Gasteiger charge is -2.27. The van der Waals surface area contributed by atoms with E-state index >= 15 is 0 Å². The number of rotatable bonds is 7. The summed E-state index contributed by atoms with van der Waals surface area (Å²) in [6.45, 7) is 6.61. The number of urea groups is 1. The summed E-state index contributed by atoms with van der Waals surface area (Å²) in [5.41, 5.74) is 1.26. The van der Waals surface area contributed by atoms with Gasteiger partial charge in [0.2, 0.25) is 0 Å². The Kier molecular flexibility index (Phi) is 7.30. The molecule has 0 heterocycles. The molecule has 1 unspecified atom stereocenters. The molecule has 1 atom stereocenters. The lowest BCUT2D eigenvalue weighted by atomic mass is 9.86. The van der Waals surface area contributed by atoms with Gasteiger partial charge in [0, 0.05) is 6.04 Å². The third-order valence-corrected chi connectivity index (χ3v) is 4.85. The van der Waals surface area contributed by atoms with Crippen LogP contribution >= 0.6 is 0 Å². The number of carbonyl (C=O) groups excluding carboxylic acids is 1. The highest BCUT2D eigenvalue weighted by Crippen LogP contribution is 2.24. The molecule has 1 aliphatic carbocycles. The molecule has 0 saturated heterocycles. The predicted molar refractivity (Wildman–Crippen MR) is 101 cm³/mol. The Morgan fingerprint density at radius 2 is 1.73 bits per heavy atom. The number of hydrogen-bond acceptors (Lipinski definition) is 3. The summed E-state index contributed by atoms with van der Waals surface area (Å²) >= 11 is 0. The summed E-state index contributed by atoms with van der Waals surface area (Å²) in [6.07, 6.45) is 2.50. The normalized spacial score (nSPS) is 21.1. The van der Waals surface area contributed by atoms with Crippen LogP contribution in [0.5, 0.6) is 5.75 Å². The van der Waals surface area contributed by atoms with Gasteiger partial charge in [0.05, 0.1) is 12.5 Å². The molecule has 6 heteroatoms. The van der Waals surface area contributed by atoms with E-state index in [1.165, 1.54) is 5.56 Å². The van der Waals surface area contributed by atoms with Crippen LogP contribution in [0.3, 0.4) is 0 Å². The minimum absolute atomic E-state index is 0.0467. The molecule has 0 radical (unpaired) electrons. The largest absolute Gasteiger partial charge is 0.489 e. The summed E-state index contributed by atoms with van der Waals surface area (Å²) < 4.78 is 5.82. The summed E-state index contributed by atoms with van der Waals surface area (Å²) in [6, 6.07) is 7.83. The molecule has 2 rings (SSSR count). The number of aliphatic carboxylic acids is 1. The van der Waals surface area contributed by atoms with Gasteiger partial charge in [-0.05, 0) is 56.2 Å². The van der Waals surface area contributed by atoms with E-state index in [4.69, 9.17) is 9.84 Å². The minimum atomic E-state index is -0.736. The molecule has 0 bridgehead atoms. The number of hydrogen-bond donors (Lipinski definition) is 3. The molecule has 1 aliphatic rings. The molecular weight excluding hydrogens is 332 g/mol. The summed E-state index contributed by atoms with van der Waals surface area (Å²) in [7, 11) is 0. The van der Waals surface area contributed by atoms with Gasteiger partial charge in [-0.3, -0.25) is 4.79 Å². The molecule has 3 N–H and O–H groups in total. The molecular formula is C20H30N2O4. The smallest absolute Gasteiger partial charge is 0.315 e. The lowest BCUT2D eigenvalue weighted by molar-refractivity contribution is -0.142. The van der Waals surface area contributed by atoms with E-state index in [0.717, 1.165) is 5.75 Å². The van der Waals surface area contributed by atoms with E-state index in [1.807, 2.05) is 19.1 Å². The second kappa shape index (κ2) is 9.46. The number of carbonyl (C=O) groups is 2. The summed E-state index contributed by atoms with van der Waals surface area (Å²) in [4.78, 5) is 23.0. The number of nitrogens with one attached hydrogen (secondary N) is 2. The van der Waals surface area contributed by atoms with Gasteiger partial charge in [-0.15, -0.1) is 0 Å². The van der Waals surface area contributed by atoms with Crippen molar-refractivity contribution in [3.05, 3.63) is 29.8 Å². The summed E-state index contributed by atoms with van der Waals surface area (Å²) in [5.74, 6) is 0.264. The molecule has 0 aliphatic heterocycles. The third kappa shape index (κ3) is 6.24. The maximum atomic E-state index is 12.0. The first kappa shape index (κ1) is 20.1. The molecule has 26 heavy (non-hydrogen) atoms. The van der Waals surface area contributed by atoms with Crippen molar-refractivity contribution in [3.63, 3.8) is 0 Å². The Morgan fingerprint density at radius 1 is 1.12 bits per heavy atom. The van der Waals surface area contributed by atoms with E-state index in [9.17, 15) is 9.59 Å². The Hall–Kier alpha value is -2.24. The molecule has 0 spiro atoms. The molecule has 1 fully saturated rings. The van der Waals surface area contributed by atoms with Gasteiger partial charge in [0.15, 0.2) is 0 Å². The molecule has 1 aromatic carbocycles. The minimum Gasteiger partial charge on any atom is -0.489 e. The first-order valence-electron chi connectivity index (χ1n) is 9.39. The maximum Gasteiger partial charge on any atom is 0.315 e. The van der Waals surface area contributed by atoms with Crippen molar-refractivity contribution < 1.29 is 19.4 Å². The van der Waals surface area contributed by atoms with Crippen molar-refractivity contribution in [2.75, 3.05) is 6.54 Å². The number of benzene rings is 1. The zero-order valence-corrected chi connectivity index (χ0v) is 15.8. The Balaban J connectivity index is 1.67. The van der Waals surface area contributed by atoms with Gasteiger partial charge in [-0.2, -0.15) is 0 Å². The third-order valence-electron chi connectivity index (χ3n) is 4.85. The Bertz CT molecular complexity index is 592. The number of amides is 2. The van der Waals surface area contributed by atoms with Gasteiger partial charge in [-0.1, -0.05) is 26.0 Å². The van der Waals surface area contributed by atoms with E-state index < -0.39 is 5.97 Å². The average molecular weight is 362 g/mol. The fraction of sp³-hybridized carbons (Fsp3) is 0.600. The van der Waals surface area contributed by atoms with Crippen molar-refractivity contribution in [3.8, 4) is 5.75 Å². The van der Waals surface area contributed by atoms with Gasteiger partial charge in [-0.25, -0.2) is 4.79 Å². The fourth-order valence-corrected chi connectivity index (χ4v) is 3.16. The Labute approximate surface area is 155 Å². The number of carboxylic acids is 1. The van der Waals surface area contributed by atoms with Crippen LogP contribution in [0.25, 0.3) is 0 Å². The molecule has 0 aromatic heterocycles. The van der Waals surface area contributed by atoms with Crippen molar-refractivity contribution >= 4 is 12.0 Å². The molecule has 6 nitrogen and oxygen atoms in total. The summed E-state index contributed by atoms with van der Waals surface area (Å²) in [5, 5.41) is 14.7. The monoisotopic (exact) mass is 362 g/mol. The van der Waals surface area contributed by atoms with Crippen LogP contribution in [0.1, 0.15) is 57.9 Å². The van der Waals surface area contributed by atoms with Crippen molar-refractivity contribution in [1.82, 2.24) is 10.6 Å². The van der Waals surface area contributed by atoms with E-state index in [2.05, 4.69) is 36.6 Å². The van der Waals surface area contributed by atoms with Crippen molar-refractivity contribution in [2.45, 2.75) is 64.5 Å². The first-order valence-corrected chi connectivity index (χ1v) is 9.39. The van der Waals surface area contributed by atoms with Crippen LogP contribution in [0.2, 0.25) is 0 Å². The predicted octanol–water partition coefficient (Wildman–Crippen LogP) is 3.52. The van der Waals surface area contributed by atoms with Crippen LogP contribution in [0.15, 0.2) is 24.3 Å². The lowest BCUT2D eigenvalue weighted by Crippen LogP contribution is -2.46. The zero-order chi connectivity index (χ0) is 19.1. The molecule has 144 valence electrons. The van der Waals surface area contributed by atoms with Crippen LogP contribution in [0.4, 0.5) is 4.79 Å². The van der Waals surface area contributed by atoms with E-state index in [-0.39, 0.29) is 24.1 Å². The number of ether oxygens (including phenoxy) is 1. The standard InChI is InChI=1S/C20H30N2O4/c1-13(2)15-6-10-18(11-7-15)26-14(3)12-21-20(25)22-17-8-4-16(5-9-17)19(23)24/h6-7,10-11,13-14,16-17H,4-5,8-9,12H2,1-3H3,(H,23,24)(H2,21,22,25). The van der Waals surface area contributed by atoms with Crippen LogP contribution in [-0.2, 0) is 4.79 Å². The highest BCUT2D eigenvalue weighted by Gasteiger charge is 2.26. The first-order chi connectivity index (χ1) is 12.3. The highest BCUT2D eigenvalue weighted by molar-refractivity contribution is 5.74. The molecule has 1 aromatic rings. The topological polar surface area (TPSA) is 87.7 Å². The Morgan fingerprint density at radius 3 is 2.27 bits per heavy atom. The van der Waals surface area contributed by atoms with Crippen LogP contribution in [0, 0.1) is 5.92 Å². The molecule has 2 amide bonds. The van der Waals surface area contributed by atoms with Crippen LogP contribution in [-0.4, -0.2) is 35.8 Å². The zero-order valence-electron chi connectivity index (χ0n) is 15.8. The average Bonchev–Trinajstić information content (AvgIpc) is 2.61. The second-order valence-corrected chi connectivity index (χ2v) is 7.39. The SMILES string of the molecule is CC(CNC(=O)NC1CCC(C(=O)O)CC1)Oc1ccc(C(C)C)cc1. The van der Waals surface area contributed by atoms with E-state index in [1.54, 1.807) is 0 Å². The quantitative estimate of drug-likeness (QED) is 0.692. The van der Waals surface area contributed by atoms with Gasteiger partial charge < -0.3 is 20.5 Å². The van der Waals surface area contributed by atoms with Crippen molar-refractivity contribution in [2.24, 2.45) is 5.92 Å². The van der Waals surface area contributed by atoms with Gasteiger partial charge >= 0.3 is 12.0 Å². The van der Waals surface area contributed by atoms with Crippen molar-refractivity contribution in [1.29, 1.82) is 0 Å². The van der Waals surface area contributed by atoms with Gasteiger partial charge in [0.1, 0.15) is 11.9 Å². The maximum absolute atomic E-state index is 12.0. The highest BCUT2D eigenvalue weighted by atomic mass is 16.5. The van der Waals surface area contributed by atoms with Crippen LogP contribution < -0.4 is 15.4 Å². The molecule has 1 saturated carbocycles.